The molecule has 1 aliphatic heterocycles. The molecule has 1 amide bonds. The molecule has 7 nitrogen and oxygen atoms in total. The molecule has 122 valence electrons. The van der Waals surface area contributed by atoms with Gasteiger partial charge < -0.3 is 10.2 Å². The Bertz CT molecular complexity index is 903. The van der Waals surface area contributed by atoms with Gasteiger partial charge in [-0.25, -0.2) is 14.6 Å². The molecule has 2 aromatic heterocycles. The lowest BCUT2D eigenvalue weighted by Gasteiger charge is -2.29. The number of rotatable bonds is 3. The summed E-state index contributed by atoms with van der Waals surface area (Å²) in [6.45, 7) is 0.907. The van der Waals surface area contributed by atoms with Gasteiger partial charge in [0.1, 0.15) is 18.7 Å². The van der Waals surface area contributed by atoms with Crippen molar-refractivity contribution in [2.45, 2.75) is 19.4 Å². The van der Waals surface area contributed by atoms with Crippen molar-refractivity contribution in [3.8, 4) is 0 Å². The van der Waals surface area contributed by atoms with Gasteiger partial charge in [-0.3, -0.25) is 4.79 Å². The summed E-state index contributed by atoms with van der Waals surface area (Å²) in [5, 5.41) is 8.15. The van der Waals surface area contributed by atoms with Crippen LogP contribution >= 0.6 is 0 Å². The summed E-state index contributed by atoms with van der Waals surface area (Å²) in [6, 6.07) is 8.09. The first kappa shape index (κ1) is 14.6. The van der Waals surface area contributed by atoms with Crippen LogP contribution in [0.4, 0.5) is 11.5 Å². The summed E-state index contributed by atoms with van der Waals surface area (Å²) >= 11 is 0. The number of hydrogen-bond acceptors (Lipinski definition) is 5. The van der Waals surface area contributed by atoms with E-state index in [9.17, 15) is 4.79 Å². The van der Waals surface area contributed by atoms with Crippen molar-refractivity contribution in [2.24, 2.45) is 0 Å². The molecule has 1 N–H and O–H groups in total. The zero-order valence-corrected chi connectivity index (χ0v) is 13.4. The SMILES string of the molecule is CNc1ncnc2c1cnn2CC(=O)N1CCCc2ccccc21. The molecule has 24 heavy (non-hydrogen) atoms. The molecule has 0 saturated heterocycles. The van der Waals surface area contributed by atoms with Crippen molar-refractivity contribution in [3.05, 3.63) is 42.4 Å². The first-order valence-electron chi connectivity index (χ1n) is 8.00. The van der Waals surface area contributed by atoms with E-state index < -0.39 is 0 Å². The van der Waals surface area contributed by atoms with Gasteiger partial charge in [-0.05, 0) is 24.5 Å². The molecule has 0 saturated carbocycles. The zero-order valence-electron chi connectivity index (χ0n) is 13.4. The third-order valence-electron chi connectivity index (χ3n) is 4.37. The van der Waals surface area contributed by atoms with Gasteiger partial charge in [0.15, 0.2) is 5.65 Å². The van der Waals surface area contributed by atoms with Crippen LogP contribution in [0.3, 0.4) is 0 Å². The quantitative estimate of drug-likeness (QED) is 0.796. The maximum absolute atomic E-state index is 12.8. The maximum atomic E-state index is 12.8. The summed E-state index contributed by atoms with van der Waals surface area (Å²) in [6.07, 6.45) is 5.17. The minimum absolute atomic E-state index is 0.0248. The number of carbonyl (C=O) groups excluding carboxylic acids is 1. The number of benzene rings is 1. The molecule has 7 heteroatoms. The smallest absolute Gasteiger partial charge is 0.248 e. The third-order valence-corrected chi connectivity index (χ3v) is 4.37. The van der Waals surface area contributed by atoms with Crippen LogP contribution in [0.2, 0.25) is 0 Å². The molecule has 0 bridgehead atoms. The van der Waals surface area contributed by atoms with Gasteiger partial charge in [-0.2, -0.15) is 5.10 Å². The molecule has 1 aromatic carbocycles. The van der Waals surface area contributed by atoms with Gasteiger partial charge in [-0.15, -0.1) is 0 Å². The molecule has 0 unspecified atom stereocenters. The number of anilines is 2. The fourth-order valence-electron chi connectivity index (χ4n) is 3.21. The first-order valence-corrected chi connectivity index (χ1v) is 8.00. The average Bonchev–Trinajstić information content (AvgIpc) is 3.04. The molecule has 0 atom stereocenters. The van der Waals surface area contributed by atoms with E-state index in [1.165, 1.54) is 11.9 Å². The Hall–Kier alpha value is -2.96. The molecule has 3 heterocycles. The van der Waals surface area contributed by atoms with E-state index in [-0.39, 0.29) is 12.5 Å². The molecule has 1 aliphatic rings. The minimum Gasteiger partial charge on any atom is -0.372 e. The van der Waals surface area contributed by atoms with Crippen LogP contribution in [-0.2, 0) is 17.8 Å². The number of hydrogen-bond donors (Lipinski definition) is 1. The number of aryl methyl sites for hydroxylation is 1. The van der Waals surface area contributed by atoms with E-state index >= 15 is 0 Å². The van der Waals surface area contributed by atoms with E-state index in [1.54, 1.807) is 17.9 Å². The highest BCUT2D eigenvalue weighted by Gasteiger charge is 2.23. The second kappa shape index (κ2) is 5.92. The summed E-state index contributed by atoms with van der Waals surface area (Å²) in [5.74, 6) is 0.735. The van der Waals surface area contributed by atoms with E-state index in [0.717, 1.165) is 30.5 Å². The van der Waals surface area contributed by atoms with E-state index in [2.05, 4.69) is 26.4 Å². The maximum Gasteiger partial charge on any atom is 0.248 e. The fraction of sp³-hybridized carbons (Fsp3) is 0.294. The van der Waals surface area contributed by atoms with Gasteiger partial charge in [0, 0.05) is 19.3 Å². The van der Waals surface area contributed by atoms with Crippen molar-refractivity contribution in [3.63, 3.8) is 0 Å². The van der Waals surface area contributed by atoms with Crippen LogP contribution in [0.15, 0.2) is 36.8 Å². The number of nitrogens with zero attached hydrogens (tertiary/aromatic N) is 5. The second-order valence-corrected chi connectivity index (χ2v) is 5.79. The van der Waals surface area contributed by atoms with Crippen LogP contribution in [0.25, 0.3) is 11.0 Å². The van der Waals surface area contributed by atoms with E-state index in [1.807, 2.05) is 23.1 Å². The monoisotopic (exact) mass is 322 g/mol. The normalized spacial score (nSPS) is 13.8. The highest BCUT2D eigenvalue weighted by molar-refractivity contribution is 5.95. The van der Waals surface area contributed by atoms with Gasteiger partial charge in [0.2, 0.25) is 5.91 Å². The van der Waals surface area contributed by atoms with Crippen LogP contribution in [0.1, 0.15) is 12.0 Å². The highest BCUT2D eigenvalue weighted by atomic mass is 16.2. The number of carbonyl (C=O) groups is 1. The summed E-state index contributed by atoms with van der Waals surface area (Å²) in [4.78, 5) is 23.1. The lowest BCUT2D eigenvalue weighted by Crippen LogP contribution is -2.37. The number of amides is 1. The Morgan fingerprint density at radius 1 is 1.29 bits per heavy atom. The minimum atomic E-state index is 0.0248. The molecule has 0 aliphatic carbocycles. The average molecular weight is 322 g/mol. The molecular formula is C17H18N6O. The lowest BCUT2D eigenvalue weighted by atomic mass is 10.0. The predicted octanol–water partition coefficient (Wildman–Crippen LogP) is 1.85. The number of para-hydroxylation sites is 1. The molecule has 4 rings (SSSR count). The first-order chi connectivity index (χ1) is 11.8. The second-order valence-electron chi connectivity index (χ2n) is 5.79. The van der Waals surface area contributed by atoms with Gasteiger partial charge in [0.05, 0.1) is 11.6 Å². The fourth-order valence-corrected chi connectivity index (χ4v) is 3.21. The van der Waals surface area contributed by atoms with Crippen molar-refractivity contribution in [2.75, 3.05) is 23.8 Å². The van der Waals surface area contributed by atoms with Gasteiger partial charge in [0.25, 0.3) is 0 Å². The predicted molar refractivity (Wildman–Crippen MR) is 92.0 cm³/mol. The number of fused-ring (bicyclic) bond motifs is 2. The molecule has 3 aromatic rings. The number of aromatic nitrogens is 4. The van der Waals surface area contributed by atoms with Crippen molar-refractivity contribution < 1.29 is 4.79 Å². The summed E-state index contributed by atoms with van der Waals surface area (Å²) in [5.41, 5.74) is 2.89. The van der Waals surface area contributed by atoms with E-state index in [4.69, 9.17) is 0 Å². The third kappa shape index (κ3) is 2.38. The Balaban J connectivity index is 1.64. The highest BCUT2D eigenvalue weighted by Crippen LogP contribution is 2.27. The number of nitrogens with one attached hydrogen (secondary N) is 1. The van der Waals surface area contributed by atoms with E-state index in [0.29, 0.717) is 11.5 Å². The Kier molecular flexibility index (Phi) is 3.60. The Morgan fingerprint density at radius 3 is 3.04 bits per heavy atom. The standard InChI is InChI=1S/C17H18N6O/c1-18-16-13-9-21-23(17(13)20-11-19-16)10-15(24)22-8-4-6-12-5-2-3-7-14(12)22/h2-3,5,7,9,11H,4,6,8,10H2,1H3,(H,18,19,20). The Labute approximate surface area is 139 Å². The van der Waals surface area contributed by atoms with Crippen LogP contribution < -0.4 is 10.2 Å². The molecule has 0 spiro atoms. The topological polar surface area (TPSA) is 75.9 Å². The molecule has 0 radical (unpaired) electrons. The van der Waals surface area contributed by atoms with Crippen molar-refractivity contribution in [1.82, 2.24) is 19.7 Å². The molecule has 0 fully saturated rings. The Morgan fingerprint density at radius 2 is 2.17 bits per heavy atom. The van der Waals surface area contributed by atoms with Crippen LogP contribution in [0.5, 0.6) is 0 Å². The van der Waals surface area contributed by atoms with Gasteiger partial charge in [-0.1, -0.05) is 18.2 Å². The lowest BCUT2D eigenvalue weighted by molar-refractivity contribution is -0.119. The largest absolute Gasteiger partial charge is 0.372 e. The molecular weight excluding hydrogens is 304 g/mol. The van der Waals surface area contributed by atoms with Crippen molar-refractivity contribution >= 4 is 28.4 Å². The van der Waals surface area contributed by atoms with Crippen LogP contribution in [-0.4, -0.2) is 39.2 Å². The van der Waals surface area contributed by atoms with Crippen molar-refractivity contribution in [1.29, 1.82) is 0 Å². The summed E-state index contributed by atoms with van der Waals surface area (Å²) < 4.78 is 1.64. The summed E-state index contributed by atoms with van der Waals surface area (Å²) in [7, 11) is 1.80. The van der Waals surface area contributed by atoms with Crippen LogP contribution in [0, 0.1) is 0 Å². The van der Waals surface area contributed by atoms with Gasteiger partial charge >= 0.3 is 0 Å². The zero-order chi connectivity index (χ0) is 16.5.